The van der Waals surface area contributed by atoms with E-state index < -0.39 is 18.6 Å². The molecule has 1 aliphatic rings. The Balaban J connectivity index is 1.40. The fourth-order valence-corrected chi connectivity index (χ4v) is 4.65. The van der Waals surface area contributed by atoms with Crippen molar-refractivity contribution >= 4 is 28.1 Å². The van der Waals surface area contributed by atoms with Gasteiger partial charge in [0.25, 0.3) is 6.43 Å². The summed E-state index contributed by atoms with van der Waals surface area (Å²) in [6.07, 6.45) is 5.12. The Morgan fingerprint density at radius 1 is 1.24 bits per heavy atom. The number of aromatic amines is 1. The largest absolute Gasteiger partial charge is 0.390 e. The number of aryl methyl sites for hydroxylation is 1. The molecule has 0 radical (unpaired) electrons. The topological polar surface area (TPSA) is 105 Å². The standard InChI is InChI=1S/C23H27F2N7O/c1-3-23(33)8-6-14(7-9-23)29-22-27-11-16-15(10-26-20(16)31-22)17-4-5-18-21(30-17)32(12-19(24)25)13(2)28-18/h4-5,10-11,14,19,33H,3,6-9,12H2,1-2H3,(H2,26,27,29,31). The van der Waals surface area contributed by atoms with Crippen LogP contribution in [0.15, 0.2) is 24.5 Å². The van der Waals surface area contributed by atoms with E-state index >= 15 is 0 Å². The SMILES string of the molecule is CCC1(O)CCC(Nc2ncc3c(-c4ccc5nc(C)n(CC(F)F)c5n4)c[nH]c3n2)CC1. The maximum absolute atomic E-state index is 13.0. The Kier molecular flexibility index (Phi) is 5.48. The van der Waals surface area contributed by atoms with Gasteiger partial charge in [0.05, 0.1) is 17.8 Å². The number of hydrogen-bond donors (Lipinski definition) is 3. The Morgan fingerprint density at radius 3 is 2.76 bits per heavy atom. The van der Waals surface area contributed by atoms with Crippen molar-refractivity contribution in [3.8, 4) is 11.3 Å². The minimum atomic E-state index is -2.49. The van der Waals surface area contributed by atoms with E-state index in [0.717, 1.165) is 43.1 Å². The summed E-state index contributed by atoms with van der Waals surface area (Å²) in [5.74, 6) is 1.05. The summed E-state index contributed by atoms with van der Waals surface area (Å²) in [5.41, 5.74) is 2.58. The number of nitrogens with one attached hydrogen (secondary N) is 2. The number of alkyl halides is 2. The number of fused-ring (bicyclic) bond motifs is 2. The summed E-state index contributed by atoms with van der Waals surface area (Å²) in [6.45, 7) is 3.28. The summed E-state index contributed by atoms with van der Waals surface area (Å²) >= 11 is 0. The van der Waals surface area contributed by atoms with Crippen molar-refractivity contribution in [3.63, 3.8) is 0 Å². The Hall–Kier alpha value is -3.14. The second-order valence-corrected chi connectivity index (χ2v) is 8.85. The van der Waals surface area contributed by atoms with Crippen molar-refractivity contribution in [1.29, 1.82) is 0 Å². The zero-order chi connectivity index (χ0) is 23.2. The van der Waals surface area contributed by atoms with Gasteiger partial charge in [-0.1, -0.05) is 6.92 Å². The normalized spacial score (nSPS) is 21.3. The predicted octanol–water partition coefficient (Wildman–Crippen LogP) is 4.44. The number of H-pyrrole nitrogens is 1. The fourth-order valence-electron chi connectivity index (χ4n) is 4.65. The van der Waals surface area contributed by atoms with Crippen LogP contribution >= 0.6 is 0 Å². The number of pyridine rings is 1. The van der Waals surface area contributed by atoms with E-state index in [-0.39, 0.29) is 6.04 Å². The van der Waals surface area contributed by atoms with E-state index in [4.69, 9.17) is 0 Å². The summed E-state index contributed by atoms with van der Waals surface area (Å²) in [4.78, 5) is 21.2. The minimum absolute atomic E-state index is 0.228. The molecule has 0 amide bonds. The quantitative estimate of drug-likeness (QED) is 0.397. The molecule has 1 saturated carbocycles. The maximum atomic E-state index is 13.0. The number of nitrogens with zero attached hydrogens (tertiary/aromatic N) is 5. The monoisotopic (exact) mass is 455 g/mol. The highest BCUT2D eigenvalue weighted by Crippen LogP contribution is 2.33. The number of anilines is 1. The van der Waals surface area contributed by atoms with Gasteiger partial charge in [0.2, 0.25) is 5.95 Å². The zero-order valence-electron chi connectivity index (χ0n) is 18.6. The Labute approximate surface area is 189 Å². The van der Waals surface area contributed by atoms with Gasteiger partial charge in [0.15, 0.2) is 5.65 Å². The number of rotatable bonds is 6. The first-order chi connectivity index (χ1) is 15.8. The number of halogens is 2. The van der Waals surface area contributed by atoms with E-state index in [0.29, 0.717) is 34.3 Å². The lowest BCUT2D eigenvalue weighted by atomic mass is 9.80. The van der Waals surface area contributed by atoms with E-state index in [1.807, 2.05) is 13.0 Å². The van der Waals surface area contributed by atoms with Crippen LogP contribution in [0.5, 0.6) is 0 Å². The van der Waals surface area contributed by atoms with Crippen molar-refractivity contribution in [2.24, 2.45) is 0 Å². The summed E-state index contributed by atoms with van der Waals surface area (Å²) in [5, 5.41) is 14.6. The molecule has 4 heterocycles. The first kappa shape index (κ1) is 21.7. The number of hydrogen-bond acceptors (Lipinski definition) is 6. The molecular weight excluding hydrogens is 428 g/mol. The van der Waals surface area contributed by atoms with E-state index in [1.165, 1.54) is 4.57 Å². The second-order valence-electron chi connectivity index (χ2n) is 8.85. The molecule has 3 N–H and O–H groups in total. The Morgan fingerprint density at radius 2 is 2.03 bits per heavy atom. The van der Waals surface area contributed by atoms with Crippen LogP contribution in [0.25, 0.3) is 33.5 Å². The van der Waals surface area contributed by atoms with Gasteiger partial charge >= 0.3 is 0 Å². The third-order valence-corrected chi connectivity index (χ3v) is 6.72. The van der Waals surface area contributed by atoms with Gasteiger partial charge in [0, 0.05) is 29.4 Å². The lowest BCUT2D eigenvalue weighted by Crippen LogP contribution is -2.38. The van der Waals surface area contributed by atoms with Crippen molar-refractivity contribution in [1.82, 2.24) is 29.5 Å². The third-order valence-electron chi connectivity index (χ3n) is 6.72. The number of imidazole rings is 1. The predicted molar refractivity (Wildman–Crippen MR) is 122 cm³/mol. The third kappa shape index (κ3) is 4.15. The van der Waals surface area contributed by atoms with E-state index in [9.17, 15) is 13.9 Å². The fraction of sp³-hybridized carbons (Fsp3) is 0.478. The second kappa shape index (κ2) is 8.33. The van der Waals surface area contributed by atoms with Gasteiger partial charge in [-0.15, -0.1) is 0 Å². The highest BCUT2D eigenvalue weighted by Gasteiger charge is 2.31. The van der Waals surface area contributed by atoms with Crippen molar-refractivity contribution < 1.29 is 13.9 Å². The molecule has 1 fully saturated rings. The number of aromatic nitrogens is 6. The summed E-state index contributed by atoms with van der Waals surface area (Å²) in [7, 11) is 0. The molecule has 0 unspecified atom stereocenters. The van der Waals surface area contributed by atoms with Crippen LogP contribution in [0.2, 0.25) is 0 Å². The van der Waals surface area contributed by atoms with Crippen molar-refractivity contribution in [2.45, 2.75) is 70.6 Å². The molecule has 0 aromatic carbocycles. The summed E-state index contributed by atoms with van der Waals surface area (Å²) in [6, 6.07) is 3.85. The van der Waals surface area contributed by atoms with Crippen LogP contribution in [-0.2, 0) is 6.54 Å². The molecule has 10 heteroatoms. The van der Waals surface area contributed by atoms with Crippen LogP contribution in [0.4, 0.5) is 14.7 Å². The van der Waals surface area contributed by atoms with Crippen molar-refractivity contribution in [3.05, 3.63) is 30.4 Å². The molecule has 33 heavy (non-hydrogen) atoms. The minimum Gasteiger partial charge on any atom is -0.390 e. The van der Waals surface area contributed by atoms with Crippen LogP contribution in [-0.4, -0.2) is 52.7 Å². The first-order valence-electron chi connectivity index (χ1n) is 11.3. The van der Waals surface area contributed by atoms with Crippen molar-refractivity contribution in [2.75, 3.05) is 5.32 Å². The van der Waals surface area contributed by atoms with Gasteiger partial charge in [-0.3, -0.25) is 0 Å². The van der Waals surface area contributed by atoms with Crippen LogP contribution < -0.4 is 5.32 Å². The molecule has 0 spiro atoms. The molecule has 4 aromatic heterocycles. The molecule has 0 atom stereocenters. The highest BCUT2D eigenvalue weighted by molar-refractivity contribution is 5.93. The Bertz CT molecular complexity index is 1290. The van der Waals surface area contributed by atoms with E-state index in [1.54, 1.807) is 25.4 Å². The average Bonchev–Trinajstić information content (AvgIpc) is 3.35. The van der Waals surface area contributed by atoms with E-state index in [2.05, 4.69) is 30.2 Å². The molecule has 8 nitrogen and oxygen atoms in total. The van der Waals surface area contributed by atoms with Crippen LogP contribution in [0.3, 0.4) is 0 Å². The molecule has 1 aliphatic carbocycles. The lowest BCUT2D eigenvalue weighted by molar-refractivity contribution is -0.00198. The smallest absolute Gasteiger partial charge is 0.256 e. The molecule has 5 rings (SSSR count). The summed E-state index contributed by atoms with van der Waals surface area (Å²) < 4.78 is 27.5. The lowest BCUT2D eigenvalue weighted by Gasteiger charge is -2.35. The maximum Gasteiger partial charge on any atom is 0.256 e. The average molecular weight is 456 g/mol. The molecule has 0 aliphatic heterocycles. The highest BCUT2D eigenvalue weighted by atomic mass is 19.3. The zero-order valence-corrected chi connectivity index (χ0v) is 18.6. The van der Waals surface area contributed by atoms with Gasteiger partial charge < -0.3 is 20.0 Å². The molecule has 0 bridgehead atoms. The van der Waals surface area contributed by atoms with Crippen LogP contribution in [0.1, 0.15) is 44.9 Å². The first-order valence-corrected chi connectivity index (χ1v) is 11.3. The molecule has 4 aromatic rings. The molecule has 0 saturated heterocycles. The van der Waals surface area contributed by atoms with Gasteiger partial charge in [-0.05, 0) is 51.2 Å². The van der Waals surface area contributed by atoms with Gasteiger partial charge in [-0.25, -0.2) is 23.7 Å². The molecule has 174 valence electrons. The van der Waals surface area contributed by atoms with Gasteiger partial charge in [-0.2, -0.15) is 4.98 Å². The number of aliphatic hydroxyl groups is 1. The molecular formula is C23H27F2N7O. The van der Waals surface area contributed by atoms with Gasteiger partial charge in [0.1, 0.15) is 17.0 Å². The van der Waals surface area contributed by atoms with Crippen LogP contribution in [0, 0.1) is 6.92 Å².